The fourth-order valence-corrected chi connectivity index (χ4v) is 4.51. The fourth-order valence-electron chi connectivity index (χ4n) is 4.15. The molecule has 120 valence electrons. The Morgan fingerprint density at radius 3 is 2.59 bits per heavy atom. The Morgan fingerprint density at radius 2 is 1.95 bits per heavy atom. The Labute approximate surface area is 146 Å². The number of carbonyl (C=O) groups is 1. The van der Waals surface area contributed by atoms with Gasteiger partial charge in [0.15, 0.2) is 0 Å². The molecule has 0 aromatic heterocycles. The Morgan fingerprint density at radius 1 is 1.27 bits per heavy atom. The molecule has 2 aliphatic rings. The smallest absolute Gasteiger partial charge is 0.311 e. The van der Waals surface area contributed by atoms with Crippen molar-refractivity contribution < 1.29 is 9.53 Å². The van der Waals surface area contributed by atoms with Crippen LogP contribution in [0.5, 0.6) is 0 Å². The van der Waals surface area contributed by atoms with Crippen LogP contribution in [0.25, 0.3) is 0 Å². The number of carbonyl (C=O) groups excluding carboxylic acids is 1. The highest BCUT2D eigenvalue weighted by molar-refractivity contribution is 14.1. The van der Waals surface area contributed by atoms with E-state index < -0.39 is 0 Å². The molecule has 22 heavy (non-hydrogen) atoms. The van der Waals surface area contributed by atoms with Gasteiger partial charge in [-0.05, 0) is 80.4 Å². The number of esters is 1. The highest BCUT2D eigenvalue weighted by atomic mass is 127. The molecule has 1 aromatic carbocycles. The van der Waals surface area contributed by atoms with Gasteiger partial charge in [0, 0.05) is 21.6 Å². The molecule has 0 unspecified atom stereocenters. The molecule has 2 bridgehead atoms. The molecule has 0 N–H and O–H groups in total. The van der Waals surface area contributed by atoms with Gasteiger partial charge in [-0.25, -0.2) is 0 Å². The Bertz CT molecular complexity index is 543. The Hall–Kier alpha value is -0.620. The third-order valence-corrected chi connectivity index (χ3v) is 5.91. The largest absolute Gasteiger partial charge is 0.463 e. The first-order valence-corrected chi connectivity index (χ1v) is 9.23. The second kappa shape index (κ2) is 6.48. The van der Waals surface area contributed by atoms with Crippen molar-refractivity contribution in [1.82, 2.24) is 4.90 Å². The van der Waals surface area contributed by atoms with E-state index in [2.05, 4.69) is 58.8 Å². The minimum absolute atomic E-state index is 0.0178. The van der Waals surface area contributed by atoms with Crippen molar-refractivity contribution in [3.05, 3.63) is 33.4 Å². The van der Waals surface area contributed by atoms with Crippen LogP contribution in [0.1, 0.15) is 44.6 Å². The molecule has 0 saturated carbocycles. The molecule has 0 radical (unpaired) electrons. The molecule has 2 aliphatic heterocycles. The molecule has 0 amide bonds. The van der Waals surface area contributed by atoms with Crippen LogP contribution in [0.4, 0.5) is 0 Å². The number of ether oxygens (including phenoxy) is 1. The third-order valence-electron chi connectivity index (χ3n) is 5.19. The summed E-state index contributed by atoms with van der Waals surface area (Å²) in [5.41, 5.74) is 1.29. The van der Waals surface area contributed by atoms with E-state index >= 15 is 0 Å². The summed E-state index contributed by atoms with van der Waals surface area (Å²) in [6, 6.07) is 9.59. The fraction of sp³-hybridized carbons (Fsp3) is 0.611. The van der Waals surface area contributed by atoms with Crippen molar-refractivity contribution >= 4 is 28.6 Å². The molecule has 3 rings (SSSR count). The van der Waals surface area contributed by atoms with Gasteiger partial charge >= 0.3 is 5.97 Å². The average molecular weight is 413 g/mol. The minimum Gasteiger partial charge on any atom is -0.463 e. The Kier molecular flexibility index (Phi) is 4.78. The van der Waals surface area contributed by atoms with Crippen LogP contribution >= 0.6 is 22.6 Å². The van der Waals surface area contributed by atoms with E-state index in [-0.39, 0.29) is 23.9 Å². The van der Waals surface area contributed by atoms with Gasteiger partial charge in [-0.15, -0.1) is 0 Å². The second-order valence-corrected chi connectivity index (χ2v) is 8.11. The summed E-state index contributed by atoms with van der Waals surface area (Å²) in [5, 5.41) is 0. The number of fused-ring (bicyclic) bond motifs is 2. The summed E-state index contributed by atoms with van der Waals surface area (Å²) in [6.45, 7) is 3.86. The van der Waals surface area contributed by atoms with Gasteiger partial charge in [0.2, 0.25) is 0 Å². The molecule has 0 spiro atoms. The highest BCUT2D eigenvalue weighted by Crippen LogP contribution is 2.46. The maximum Gasteiger partial charge on any atom is 0.311 e. The molecular weight excluding hydrogens is 389 g/mol. The van der Waals surface area contributed by atoms with Crippen molar-refractivity contribution in [1.29, 1.82) is 0 Å². The zero-order valence-corrected chi connectivity index (χ0v) is 15.6. The van der Waals surface area contributed by atoms with Crippen LogP contribution in [-0.2, 0) is 9.53 Å². The topological polar surface area (TPSA) is 29.5 Å². The lowest BCUT2D eigenvalue weighted by molar-refractivity contribution is -0.157. The lowest BCUT2D eigenvalue weighted by Crippen LogP contribution is -2.49. The van der Waals surface area contributed by atoms with E-state index in [4.69, 9.17) is 4.74 Å². The second-order valence-electron chi connectivity index (χ2n) is 6.87. The van der Waals surface area contributed by atoms with Gasteiger partial charge < -0.3 is 4.74 Å². The van der Waals surface area contributed by atoms with E-state index in [0.717, 1.165) is 12.8 Å². The van der Waals surface area contributed by atoms with Crippen LogP contribution in [-0.4, -0.2) is 36.1 Å². The molecule has 3 nitrogen and oxygen atoms in total. The van der Waals surface area contributed by atoms with Gasteiger partial charge in [0.1, 0.15) is 0 Å². The standard InChI is InChI=1S/C18H24INO2/c1-11(2)22-18(21)17-15(12-4-6-13(19)7-5-12)10-14-8-9-16(17)20(14)3/h4-7,11,14-17H,8-10H2,1-3H3/t14-,15-,16-,17+/m1/s1. The SMILES string of the molecule is CC(C)OC(=O)[C@H]1[C@@H](c2ccc(I)cc2)C[C@H]2CC[C@H]1N2C. The molecule has 2 saturated heterocycles. The van der Waals surface area contributed by atoms with Crippen molar-refractivity contribution in [2.45, 2.75) is 57.2 Å². The van der Waals surface area contributed by atoms with E-state index in [9.17, 15) is 4.79 Å². The lowest BCUT2D eigenvalue weighted by Gasteiger charge is -2.42. The first kappa shape index (κ1) is 16.2. The number of piperidine rings is 1. The number of nitrogens with zero attached hydrogens (tertiary/aromatic N) is 1. The van der Waals surface area contributed by atoms with Crippen LogP contribution in [0, 0.1) is 9.49 Å². The first-order chi connectivity index (χ1) is 10.5. The zero-order valence-electron chi connectivity index (χ0n) is 13.5. The third kappa shape index (κ3) is 3.04. The van der Waals surface area contributed by atoms with Crippen LogP contribution < -0.4 is 0 Å². The molecule has 2 fully saturated rings. The number of halogens is 1. The van der Waals surface area contributed by atoms with E-state index in [0.29, 0.717) is 12.1 Å². The van der Waals surface area contributed by atoms with E-state index in [1.165, 1.54) is 15.6 Å². The number of hydrogen-bond acceptors (Lipinski definition) is 3. The van der Waals surface area contributed by atoms with Crippen LogP contribution in [0.15, 0.2) is 24.3 Å². The van der Waals surface area contributed by atoms with Crippen LogP contribution in [0.2, 0.25) is 0 Å². The van der Waals surface area contributed by atoms with Crippen molar-refractivity contribution in [2.75, 3.05) is 7.05 Å². The van der Waals surface area contributed by atoms with Gasteiger partial charge in [-0.1, -0.05) is 12.1 Å². The highest BCUT2D eigenvalue weighted by Gasteiger charge is 2.49. The monoisotopic (exact) mass is 413 g/mol. The first-order valence-electron chi connectivity index (χ1n) is 8.15. The Balaban J connectivity index is 1.91. The van der Waals surface area contributed by atoms with Crippen molar-refractivity contribution in [3.8, 4) is 0 Å². The minimum atomic E-state index is -0.0469. The molecule has 4 heteroatoms. The maximum atomic E-state index is 12.7. The molecule has 1 aromatic rings. The molecule has 4 atom stereocenters. The van der Waals surface area contributed by atoms with Gasteiger partial charge in [0.25, 0.3) is 0 Å². The average Bonchev–Trinajstić information content (AvgIpc) is 2.71. The summed E-state index contributed by atoms with van der Waals surface area (Å²) in [4.78, 5) is 15.2. The number of hydrogen-bond donors (Lipinski definition) is 0. The molecule has 2 heterocycles. The molecular formula is C18H24INO2. The van der Waals surface area contributed by atoms with Crippen molar-refractivity contribution in [2.24, 2.45) is 5.92 Å². The van der Waals surface area contributed by atoms with Gasteiger partial charge in [-0.2, -0.15) is 0 Å². The molecule has 0 aliphatic carbocycles. The maximum absolute atomic E-state index is 12.7. The van der Waals surface area contributed by atoms with Crippen molar-refractivity contribution in [3.63, 3.8) is 0 Å². The number of rotatable bonds is 3. The summed E-state index contributed by atoms with van der Waals surface area (Å²) in [6.07, 6.45) is 3.33. The number of benzene rings is 1. The predicted molar refractivity (Wildman–Crippen MR) is 95.8 cm³/mol. The van der Waals surface area contributed by atoms with E-state index in [1.54, 1.807) is 0 Å². The summed E-state index contributed by atoms with van der Waals surface area (Å²) >= 11 is 2.33. The van der Waals surface area contributed by atoms with Crippen LogP contribution in [0.3, 0.4) is 0 Å². The lowest BCUT2D eigenvalue weighted by atomic mass is 9.76. The van der Waals surface area contributed by atoms with Gasteiger partial charge in [-0.3, -0.25) is 9.69 Å². The predicted octanol–water partition coefficient (Wildman–Crippen LogP) is 3.81. The van der Waals surface area contributed by atoms with E-state index in [1.807, 2.05) is 13.8 Å². The summed E-state index contributed by atoms with van der Waals surface area (Å²) < 4.78 is 6.83. The van der Waals surface area contributed by atoms with Gasteiger partial charge in [0.05, 0.1) is 12.0 Å². The normalized spacial score (nSPS) is 31.5. The summed E-state index contributed by atoms with van der Waals surface area (Å²) in [5.74, 6) is 0.235. The summed E-state index contributed by atoms with van der Waals surface area (Å²) in [7, 11) is 2.17. The quantitative estimate of drug-likeness (QED) is 0.558. The zero-order chi connectivity index (χ0) is 15.9.